The van der Waals surface area contributed by atoms with E-state index in [2.05, 4.69) is 15.4 Å². The Morgan fingerprint density at radius 3 is 2.84 bits per heavy atom. The molecule has 2 amide bonds. The van der Waals surface area contributed by atoms with Gasteiger partial charge in [0.2, 0.25) is 10.0 Å². The number of carbonyl (C=O) groups is 2. The summed E-state index contributed by atoms with van der Waals surface area (Å²) in [5.74, 6) is -0.243. The Labute approximate surface area is 180 Å². The van der Waals surface area contributed by atoms with Crippen LogP contribution in [0.3, 0.4) is 0 Å². The first-order chi connectivity index (χ1) is 14.8. The van der Waals surface area contributed by atoms with Crippen LogP contribution >= 0.6 is 0 Å². The van der Waals surface area contributed by atoms with Gasteiger partial charge < -0.3 is 20.1 Å². The van der Waals surface area contributed by atoms with Crippen molar-refractivity contribution in [2.24, 2.45) is 0 Å². The summed E-state index contributed by atoms with van der Waals surface area (Å²) < 4.78 is 38.6. The Bertz CT molecular complexity index is 1110. The molecule has 2 aliphatic rings. The number of hydrogen-bond donors (Lipinski definition) is 3. The third kappa shape index (κ3) is 4.87. The van der Waals surface area contributed by atoms with E-state index in [1.54, 1.807) is 25.1 Å². The number of rotatable bonds is 6. The zero-order valence-electron chi connectivity index (χ0n) is 16.9. The van der Waals surface area contributed by atoms with Crippen molar-refractivity contribution in [3.63, 3.8) is 0 Å². The number of hydrogen-bond acceptors (Lipinski definition) is 6. The van der Waals surface area contributed by atoms with E-state index in [-0.39, 0.29) is 29.0 Å². The summed E-state index contributed by atoms with van der Waals surface area (Å²) in [7, 11) is -3.77. The van der Waals surface area contributed by atoms with Gasteiger partial charge in [-0.1, -0.05) is 6.07 Å². The molecule has 1 fully saturated rings. The topological polar surface area (TPSA) is 123 Å². The largest absolute Gasteiger partial charge is 0.479 e. The predicted octanol–water partition coefficient (Wildman–Crippen LogP) is 2.12. The lowest BCUT2D eigenvalue weighted by atomic mass is 10.2. The molecule has 2 atom stereocenters. The monoisotopic (exact) mass is 445 g/mol. The van der Waals surface area contributed by atoms with Crippen LogP contribution in [-0.2, 0) is 19.6 Å². The molecule has 10 heteroatoms. The maximum absolute atomic E-state index is 12.7. The fraction of sp³-hybridized carbons (Fsp3) is 0.333. The van der Waals surface area contributed by atoms with Crippen LogP contribution in [-0.4, -0.2) is 45.6 Å². The van der Waals surface area contributed by atoms with Gasteiger partial charge in [-0.2, -0.15) is 0 Å². The molecule has 0 aromatic heterocycles. The minimum Gasteiger partial charge on any atom is -0.479 e. The van der Waals surface area contributed by atoms with E-state index in [1.165, 1.54) is 24.3 Å². The Morgan fingerprint density at radius 2 is 2.06 bits per heavy atom. The van der Waals surface area contributed by atoms with E-state index in [0.717, 1.165) is 12.8 Å². The molecular weight excluding hydrogens is 422 g/mol. The molecule has 2 heterocycles. The third-order valence-electron chi connectivity index (χ3n) is 5.10. The van der Waals surface area contributed by atoms with Crippen molar-refractivity contribution in [3.05, 3.63) is 48.0 Å². The average Bonchev–Trinajstić information content (AvgIpc) is 3.27. The number of nitrogens with one attached hydrogen (secondary N) is 3. The second kappa shape index (κ2) is 8.66. The van der Waals surface area contributed by atoms with E-state index < -0.39 is 22.0 Å². The Hall–Kier alpha value is -2.95. The van der Waals surface area contributed by atoms with Crippen LogP contribution in [0.15, 0.2) is 47.4 Å². The predicted molar refractivity (Wildman–Crippen MR) is 114 cm³/mol. The van der Waals surface area contributed by atoms with Crippen LogP contribution < -0.4 is 20.1 Å². The van der Waals surface area contributed by atoms with Crippen LogP contribution in [0.4, 0.5) is 11.4 Å². The number of amides is 2. The molecule has 0 saturated carbocycles. The van der Waals surface area contributed by atoms with Crippen molar-refractivity contribution in [1.29, 1.82) is 0 Å². The van der Waals surface area contributed by atoms with Gasteiger partial charge in [0, 0.05) is 24.4 Å². The molecule has 1 saturated heterocycles. The van der Waals surface area contributed by atoms with E-state index in [0.29, 0.717) is 23.7 Å². The Morgan fingerprint density at radius 1 is 1.23 bits per heavy atom. The lowest BCUT2D eigenvalue weighted by molar-refractivity contribution is -0.122. The highest BCUT2D eigenvalue weighted by Crippen LogP contribution is 2.32. The van der Waals surface area contributed by atoms with E-state index >= 15 is 0 Å². The van der Waals surface area contributed by atoms with Gasteiger partial charge in [0.1, 0.15) is 5.75 Å². The molecule has 31 heavy (non-hydrogen) atoms. The second-order valence-electron chi connectivity index (χ2n) is 7.43. The Balaban J connectivity index is 1.46. The molecule has 0 radical (unpaired) electrons. The van der Waals surface area contributed by atoms with Gasteiger partial charge in [-0.3, -0.25) is 9.59 Å². The summed E-state index contributed by atoms with van der Waals surface area (Å²) in [6.07, 6.45) is 1.01. The van der Waals surface area contributed by atoms with Gasteiger partial charge in [0.15, 0.2) is 6.10 Å². The minimum absolute atomic E-state index is 0.00163. The van der Waals surface area contributed by atoms with Gasteiger partial charge in [-0.05, 0) is 56.2 Å². The van der Waals surface area contributed by atoms with Gasteiger partial charge >= 0.3 is 0 Å². The van der Waals surface area contributed by atoms with Crippen molar-refractivity contribution in [1.82, 2.24) is 4.72 Å². The molecule has 0 spiro atoms. The first kappa shape index (κ1) is 21.3. The lowest BCUT2D eigenvalue weighted by Crippen LogP contribution is -2.34. The molecule has 2 aliphatic heterocycles. The summed E-state index contributed by atoms with van der Waals surface area (Å²) in [5, 5.41) is 5.42. The SMILES string of the molecule is C[C@@H]1Oc2ccc(NC(=O)c3cccc(S(=O)(=O)NC[C@@H]4CCCO4)c3)cc2NC1=O. The summed E-state index contributed by atoms with van der Waals surface area (Å²) in [6.45, 7) is 2.48. The highest BCUT2D eigenvalue weighted by atomic mass is 32.2. The number of sulfonamides is 1. The Kier molecular flexibility index (Phi) is 5.94. The molecule has 9 nitrogen and oxygen atoms in total. The van der Waals surface area contributed by atoms with Crippen molar-refractivity contribution in [3.8, 4) is 5.75 Å². The quantitative estimate of drug-likeness (QED) is 0.626. The lowest BCUT2D eigenvalue weighted by Gasteiger charge is -2.23. The van der Waals surface area contributed by atoms with Crippen LogP contribution in [0.1, 0.15) is 30.1 Å². The van der Waals surface area contributed by atoms with Crippen molar-refractivity contribution in [2.45, 2.75) is 36.9 Å². The standard InChI is InChI=1S/C21H23N3O6S/c1-13-20(25)24-18-11-15(7-8-19(18)30-13)23-21(26)14-4-2-6-17(10-14)31(27,28)22-12-16-5-3-9-29-16/h2,4,6-8,10-11,13,16,22H,3,5,9,12H2,1H3,(H,23,26)(H,24,25)/t13-,16-/m0/s1. The second-order valence-corrected chi connectivity index (χ2v) is 9.20. The van der Waals surface area contributed by atoms with Crippen LogP contribution in [0.5, 0.6) is 5.75 Å². The summed E-state index contributed by atoms with van der Waals surface area (Å²) in [5.41, 5.74) is 1.08. The maximum Gasteiger partial charge on any atom is 0.265 e. The molecule has 0 bridgehead atoms. The first-order valence-electron chi connectivity index (χ1n) is 9.96. The zero-order chi connectivity index (χ0) is 22.0. The fourth-order valence-electron chi connectivity index (χ4n) is 3.39. The third-order valence-corrected chi connectivity index (χ3v) is 6.52. The smallest absolute Gasteiger partial charge is 0.265 e. The molecule has 164 valence electrons. The molecule has 2 aromatic carbocycles. The average molecular weight is 445 g/mol. The van der Waals surface area contributed by atoms with Gasteiger partial charge in [-0.15, -0.1) is 0 Å². The number of carbonyl (C=O) groups excluding carboxylic acids is 2. The summed E-state index contributed by atoms with van der Waals surface area (Å²) in [4.78, 5) is 24.5. The first-order valence-corrected chi connectivity index (χ1v) is 11.4. The molecular formula is C21H23N3O6S. The van der Waals surface area contributed by atoms with Gasteiger partial charge in [-0.25, -0.2) is 13.1 Å². The van der Waals surface area contributed by atoms with E-state index in [4.69, 9.17) is 9.47 Å². The van der Waals surface area contributed by atoms with E-state index in [9.17, 15) is 18.0 Å². The van der Waals surface area contributed by atoms with Crippen LogP contribution in [0, 0.1) is 0 Å². The van der Waals surface area contributed by atoms with Crippen LogP contribution in [0.25, 0.3) is 0 Å². The number of fused-ring (bicyclic) bond motifs is 1. The highest BCUT2D eigenvalue weighted by Gasteiger charge is 2.24. The normalized spacial score (nSPS) is 20.5. The van der Waals surface area contributed by atoms with Gasteiger partial charge in [0.25, 0.3) is 11.8 Å². The number of benzene rings is 2. The van der Waals surface area contributed by atoms with Crippen molar-refractivity contribution < 1.29 is 27.5 Å². The van der Waals surface area contributed by atoms with E-state index in [1.807, 2.05) is 0 Å². The molecule has 0 unspecified atom stereocenters. The molecule has 4 rings (SSSR count). The van der Waals surface area contributed by atoms with Crippen molar-refractivity contribution >= 4 is 33.2 Å². The number of anilines is 2. The van der Waals surface area contributed by atoms with Gasteiger partial charge in [0.05, 0.1) is 16.7 Å². The molecule has 3 N–H and O–H groups in total. The highest BCUT2D eigenvalue weighted by molar-refractivity contribution is 7.89. The number of ether oxygens (including phenoxy) is 2. The van der Waals surface area contributed by atoms with Crippen molar-refractivity contribution in [2.75, 3.05) is 23.8 Å². The minimum atomic E-state index is -3.77. The summed E-state index contributed by atoms with van der Waals surface area (Å²) in [6, 6.07) is 10.7. The summed E-state index contributed by atoms with van der Waals surface area (Å²) >= 11 is 0. The fourth-order valence-corrected chi connectivity index (χ4v) is 4.50. The van der Waals surface area contributed by atoms with Crippen LogP contribution in [0.2, 0.25) is 0 Å². The maximum atomic E-state index is 12.7. The zero-order valence-corrected chi connectivity index (χ0v) is 17.7. The molecule has 0 aliphatic carbocycles. The molecule has 2 aromatic rings.